The van der Waals surface area contributed by atoms with Crippen LogP contribution in [0.3, 0.4) is 0 Å². The quantitative estimate of drug-likeness (QED) is 0.484. The van der Waals surface area contributed by atoms with Gasteiger partial charge in [-0.3, -0.25) is 4.79 Å². The fourth-order valence-corrected chi connectivity index (χ4v) is 8.36. The van der Waals surface area contributed by atoms with E-state index in [-0.39, 0.29) is 29.1 Å². The van der Waals surface area contributed by atoms with Crippen molar-refractivity contribution in [2.75, 3.05) is 13.7 Å². The van der Waals surface area contributed by atoms with Gasteiger partial charge >= 0.3 is 0 Å². The Morgan fingerprint density at radius 1 is 1.13 bits per heavy atom. The Bertz CT molecular complexity index is 1300. The summed E-state index contributed by atoms with van der Waals surface area (Å²) in [5.74, 6) is 1.46. The van der Waals surface area contributed by atoms with E-state index >= 15 is 0 Å². The fraction of sp³-hybridized carbons (Fsp3) is 0.633. The van der Waals surface area contributed by atoms with Crippen molar-refractivity contribution in [3.05, 3.63) is 41.6 Å². The highest BCUT2D eigenvalue weighted by Gasteiger charge is 2.64. The van der Waals surface area contributed by atoms with Crippen LogP contribution < -0.4 is 4.74 Å². The zero-order chi connectivity index (χ0) is 27.2. The number of carbonyl (C=O) groups is 1. The molecule has 0 spiro atoms. The zero-order valence-electron chi connectivity index (χ0n) is 22.7. The molecule has 4 aliphatic rings. The van der Waals surface area contributed by atoms with Crippen molar-refractivity contribution in [3.8, 4) is 5.75 Å². The average molecular weight is 526 g/mol. The van der Waals surface area contributed by atoms with Gasteiger partial charge in [0.15, 0.2) is 5.78 Å². The number of H-pyrrole nitrogens is 1. The van der Waals surface area contributed by atoms with E-state index in [2.05, 4.69) is 38.8 Å². The molecular formula is C30H39NO7. The van der Waals surface area contributed by atoms with Crippen molar-refractivity contribution < 1.29 is 34.3 Å². The van der Waals surface area contributed by atoms with Crippen LogP contribution in [0.5, 0.6) is 5.75 Å². The number of methoxy groups -OCH3 is 1. The number of benzene rings is 1. The van der Waals surface area contributed by atoms with Gasteiger partial charge in [0, 0.05) is 46.0 Å². The molecule has 4 N–H and O–H groups in total. The lowest BCUT2D eigenvalue weighted by Gasteiger charge is -2.60. The van der Waals surface area contributed by atoms with E-state index in [1.807, 2.05) is 24.3 Å². The number of carbonyl (C=O) groups excluding carboxylic acids is 1. The Hall–Kier alpha value is -2.23. The van der Waals surface area contributed by atoms with Gasteiger partial charge in [-0.15, -0.1) is 0 Å². The van der Waals surface area contributed by atoms with Gasteiger partial charge in [0.25, 0.3) is 0 Å². The highest BCUT2D eigenvalue weighted by molar-refractivity contribution is 5.96. The number of hydrogen-bond acceptors (Lipinski definition) is 7. The van der Waals surface area contributed by atoms with Crippen LogP contribution in [0.15, 0.2) is 30.4 Å². The minimum Gasteiger partial charge on any atom is -0.462 e. The summed E-state index contributed by atoms with van der Waals surface area (Å²) in [5, 5.41) is 31.9. The predicted octanol–water partition coefficient (Wildman–Crippen LogP) is 3.01. The number of fused-ring (bicyclic) bond motifs is 7. The second kappa shape index (κ2) is 8.63. The molecule has 38 heavy (non-hydrogen) atoms. The summed E-state index contributed by atoms with van der Waals surface area (Å²) in [5.41, 5.74) is 2.81. The Morgan fingerprint density at radius 2 is 1.89 bits per heavy atom. The second-order valence-electron chi connectivity index (χ2n) is 12.6. The summed E-state index contributed by atoms with van der Waals surface area (Å²) in [4.78, 5) is 16.6. The van der Waals surface area contributed by atoms with E-state index in [4.69, 9.17) is 14.2 Å². The van der Waals surface area contributed by atoms with E-state index in [0.29, 0.717) is 11.7 Å². The molecule has 6 rings (SSSR count). The lowest BCUT2D eigenvalue weighted by Crippen LogP contribution is -2.60. The lowest BCUT2D eigenvalue weighted by atomic mass is 9.43. The topological polar surface area (TPSA) is 121 Å². The SMILES string of the molecule is COC1C(CO)OC(Oc2ccc3c4c([nH]c3c2)C2(C)C(CCC3C(C)(C)C(=O)C=CC32C)C4)C(O)C1O. The van der Waals surface area contributed by atoms with E-state index < -0.39 is 36.1 Å². The monoisotopic (exact) mass is 525 g/mol. The van der Waals surface area contributed by atoms with Gasteiger partial charge in [0.05, 0.1) is 6.61 Å². The van der Waals surface area contributed by atoms with Crippen LogP contribution in [-0.4, -0.2) is 70.5 Å². The molecular weight excluding hydrogens is 486 g/mol. The van der Waals surface area contributed by atoms with Crippen LogP contribution in [0, 0.1) is 22.7 Å². The number of aliphatic hydroxyl groups is 3. The molecule has 8 heteroatoms. The van der Waals surface area contributed by atoms with Crippen molar-refractivity contribution in [2.45, 2.75) is 83.1 Å². The maximum Gasteiger partial charge on any atom is 0.229 e. The van der Waals surface area contributed by atoms with Crippen LogP contribution >= 0.6 is 0 Å². The van der Waals surface area contributed by atoms with Crippen LogP contribution in [0.1, 0.15) is 51.8 Å². The average Bonchev–Trinajstić information content (AvgIpc) is 3.39. The van der Waals surface area contributed by atoms with Gasteiger partial charge in [0.2, 0.25) is 6.29 Å². The highest BCUT2D eigenvalue weighted by atomic mass is 16.7. The second-order valence-corrected chi connectivity index (χ2v) is 12.6. The van der Waals surface area contributed by atoms with Gasteiger partial charge in [0.1, 0.15) is 30.2 Å². The normalized spacial score (nSPS) is 41.6. The highest BCUT2D eigenvalue weighted by Crippen LogP contribution is 2.67. The van der Waals surface area contributed by atoms with Crippen LogP contribution in [0.4, 0.5) is 0 Å². The Morgan fingerprint density at radius 3 is 2.61 bits per heavy atom. The first-order valence-corrected chi connectivity index (χ1v) is 13.7. The number of hydrogen-bond donors (Lipinski definition) is 4. The van der Waals surface area contributed by atoms with Crippen molar-refractivity contribution in [2.24, 2.45) is 22.7 Å². The Labute approximate surface area is 223 Å². The zero-order valence-corrected chi connectivity index (χ0v) is 22.7. The van der Waals surface area contributed by atoms with Gasteiger partial charge in [-0.2, -0.15) is 0 Å². The first kappa shape index (κ1) is 26.0. The number of nitrogens with one attached hydrogen (secondary N) is 1. The summed E-state index contributed by atoms with van der Waals surface area (Å²) in [6, 6.07) is 5.79. The summed E-state index contributed by atoms with van der Waals surface area (Å²) in [6.45, 7) is 8.53. The van der Waals surface area contributed by atoms with Crippen LogP contribution in [0.2, 0.25) is 0 Å². The van der Waals surface area contributed by atoms with Crippen LogP contribution in [-0.2, 0) is 26.1 Å². The number of ketones is 1. The van der Waals surface area contributed by atoms with Gasteiger partial charge in [-0.05, 0) is 54.9 Å². The number of aromatic amines is 1. The molecule has 2 fully saturated rings. The van der Waals surface area contributed by atoms with Gasteiger partial charge in [-0.25, -0.2) is 0 Å². The van der Waals surface area contributed by atoms with Crippen molar-refractivity contribution >= 4 is 16.7 Å². The van der Waals surface area contributed by atoms with Crippen molar-refractivity contribution in [1.82, 2.24) is 4.98 Å². The van der Waals surface area contributed by atoms with E-state index in [1.54, 1.807) is 0 Å². The number of aromatic nitrogens is 1. The molecule has 8 nitrogen and oxygen atoms in total. The molecule has 3 aliphatic carbocycles. The summed E-state index contributed by atoms with van der Waals surface area (Å²) < 4.78 is 16.9. The van der Waals surface area contributed by atoms with Gasteiger partial charge < -0.3 is 34.5 Å². The number of rotatable bonds is 4. The molecule has 1 saturated heterocycles. The minimum atomic E-state index is -1.34. The van der Waals surface area contributed by atoms with Gasteiger partial charge in [-0.1, -0.05) is 33.8 Å². The fourth-order valence-electron chi connectivity index (χ4n) is 8.36. The van der Waals surface area contributed by atoms with Crippen LogP contribution in [0.25, 0.3) is 10.9 Å². The molecule has 0 radical (unpaired) electrons. The molecule has 0 bridgehead atoms. The Balaban J connectivity index is 1.34. The lowest BCUT2D eigenvalue weighted by molar-refractivity contribution is -0.281. The first-order chi connectivity index (χ1) is 18.0. The number of ether oxygens (including phenoxy) is 3. The maximum absolute atomic E-state index is 12.8. The molecule has 9 unspecified atom stereocenters. The third kappa shape index (κ3) is 3.30. The summed E-state index contributed by atoms with van der Waals surface area (Å²) in [6.07, 6.45) is 1.71. The molecule has 9 atom stereocenters. The summed E-state index contributed by atoms with van der Waals surface area (Å²) >= 11 is 0. The number of allylic oxidation sites excluding steroid dienone is 2. The Kier molecular flexibility index (Phi) is 5.91. The standard InChI is InChI=1S/C30H39NO7/c1-28(2)21-9-6-15-12-18-17-8-7-16(37-27-24(35)23(34)25(36-5)20(14-32)38-27)13-19(17)31-26(18)30(15,4)29(21,3)11-10-22(28)33/h7-8,10-11,13,15,20-21,23-25,27,31-32,34-35H,6,9,12,14H2,1-5H3. The van der Waals surface area contributed by atoms with E-state index in [1.165, 1.54) is 18.4 Å². The third-order valence-corrected chi connectivity index (χ3v) is 10.7. The van der Waals surface area contributed by atoms with E-state index in [9.17, 15) is 20.1 Å². The molecule has 2 aromatic rings. The molecule has 2 heterocycles. The maximum atomic E-state index is 12.8. The third-order valence-electron chi connectivity index (χ3n) is 10.7. The summed E-state index contributed by atoms with van der Waals surface area (Å²) in [7, 11) is 1.40. The largest absolute Gasteiger partial charge is 0.462 e. The number of aliphatic hydroxyl groups excluding tert-OH is 3. The van der Waals surface area contributed by atoms with Crippen molar-refractivity contribution in [1.29, 1.82) is 0 Å². The molecule has 0 amide bonds. The molecule has 1 aromatic carbocycles. The van der Waals surface area contributed by atoms with Crippen molar-refractivity contribution in [3.63, 3.8) is 0 Å². The molecule has 1 aliphatic heterocycles. The molecule has 1 saturated carbocycles. The predicted molar refractivity (Wildman–Crippen MR) is 141 cm³/mol. The molecule has 206 valence electrons. The van der Waals surface area contributed by atoms with E-state index in [0.717, 1.165) is 30.2 Å². The molecule has 1 aromatic heterocycles. The minimum absolute atomic E-state index is 0.143. The first-order valence-electron chi connectivity index (χ1n) is 13.7. The smallest absolute Gasteiger partial charge is 0.229 e.